The summed E-state index contributed by atoms with van der Waals surface area (Å²) in [4.78, 5) is 5.49. The fourth-order valence-corrected chi connectivity index (χ4v) is 2.25. The number of hydrogen-bond acceptors (Lipinski definition) is 3. The minimum absolute atomic E-state index is 0.818. The quantitative estimate of drug-likeness (QED) is 0.805. The molecule has 0 saturated heterocycles. The van der Waals surface area contributed by atoms with Crippen molar-refractivity contribution in [3.63, 3.8) is 0 Å². The van der Waals surface area contributed by atoms with Crippen LogP contribution in [0.1, 0.15) is 19.0 Å². The van der Waals surface area contributed by atoms with E-state index >= 15 is 0 Å². The topological polar surface area (TPSA) is 29.9 Å². The maximum Gasteiger partial charge on any atom is 0.0948 e. The number of aryl methyl sites for hydroxylation is 1. The van der Waals surface area contributed by atoms with E-state index in [1.54, 1.807) is 11.8 Å². The molecule has 2 rings (SSSR count). The first-order valence-corrected chi connectivity index (χ1v) is 7.43. The average molecular weight is 261 g/mol. The van der Waals surface area contributed by atoms with Gasteiger partial charge >= 0.3 is 0 Å². The number of nitrogens with zero attached hydrogens (tertiary/aromatic N) is 2. The number of rotatable bonds is 6. The van der Waals surface area contributed by atoms with Crippen LogP contribution < -0.4 is 5.32 Å². The summed E-state index contributed by atoms with van der Waals surface area (Å²) in [5.41, 5.74) is 2.38. The van der Waals surface area contributed by atoms with Gasteiger partial charge in [0, 0.05) is 23.3 Å². The highest BCUT2D eigenvalue weighted by Crippen LogP contribution is 2.17. The van der Waals surface area contributed by atoms with Gasteiger partial charge in [0.15, 0.2) is 0 Å². The van der Waals surface area contributed by atoms with E-state index in [9.17, 15) is 0 Å². The Morgan fingerprint density at radius 2 is 2.06 bits per heavy atom. The molecular weight excluding hydrogens is 242 g/mol. The lowest BCUT2D eigenvalue weighted by Crippen LogP contribution is -2.06. The molecule has 0 fully saturated rings. The average Bonchev–Trinajstić information content (AvgIpc) is 2.85. The van der Waals surface area contributed by atoms with Gasteiger partial charge in [-0.25, -0.2) is 4.98 Å². The van der Waals surface area contributed by atoms with Crippen LogP contribution >= 0.6 is 11.8 Å². The minimum Gasteiger partial charge on any atom is -0.379 e. The van der Waals surface area contributed by atoms with E-state index < -0.39 is 0 Å². The molecule has 96 valence electrons. The molecule has 1 heterocycles. The van der Waals surface area contributed by atoms with Crippen molar-refractivity contribution in [1.82, 2.24) is 9.55 Å². The molecule has 0 atom stereocenters. The Morgan fingerprint density at radius 1 is 1.28 bits per heavy atom. The van der Waals surface area contributed by atoms with E-state index in [4.69, 9.17) is 0 Å². The Hall–Kier alpha value is -1.42. The first-order chi connectivity index (χ1) is 8.83. The molecule has 1 aromatic carbocycles. The molecule has 18 heavy (non-hydrogen) atoms. The molecule has 0 saturated carbocycles. The largest absolute Gasteiger partial charge is 0.379 e. The second-order valence-electron chi connectivity index (χ2n) is 4.16. The zero-order valence-corrected chi connectivity index (χ0v) is 11.7. The van der Waals surface area contributed by atoms with Crippen LogP contribution in [-0.2, 0) is 13.1 Å². The van der Waals surface area contributed by atoms with Crippen molar-refractivity contribution in [2.75, 3.05) is 11.6 Å². The fraction of sp³-hybridized carbons (Fsp3) is 0.357. The van der Waals surface area contributed by atoms with E-state index in [0.29, 0.717) is 0 Å². The van der Waals surface area contributed by atoms with Crippen molar-refractivity contribution in [3.05, 3.63) is 42.5 Å². The van der Waals surface area contributed by atoms with Crippen molar-refractivity contribution < 1.29 is 0 Å². The van der Waals surface area contributed by atoms with Gasteiger partial charge in [0.1, 0.15) is 0 Å². The molecule has 4 heteroatoms. The predicted octanol–water partition coefficient (Wildman–Crippen LogP) is 3.63. The summed E-state index contributed by atoms with van der Waals surface area (Å²) in [5.74, 6) is 0. The Balaban J connectivity index is 1.95. The number of imidazole rings is 1. The third-order valence-electron chi connectivity index (χ3n) is 2.83. The molecule has 0 aliphatic carbocycles. The van der Waals surface area contributed by atoms with Gasteiger partial charge in [-0.3, -0.25) is 0 Å². The summed E-state index contributed by atoms with van der Waals surface area (Å²) in [5, 5.41) is 3.43. The monoisotopic (exact) mass is 261 g/mol. The number of thioether (sulfide) groups is 1. The lowest BCUT2D eigenvalue weighted by molar-refractivity contribution is 0.651. The number of benzene rings is 1. The standard InChI is InChI=1S/C14H19N3S/c1-3-8-17-11-15-9-13(17)10-16-12-4-6-14(18-2)7-5-12/h4-7,9,11,16H,3,8,10H2,1-2H3. The molecule has 0 aliphatic heterocycles. The van der Waals surface area contributed by atoms with E-state index in [1.807, 2.05) is 12.5 Å². The Kier molecular flexibility index (Phi) is 4.70. The Labute approximate surface area is 113 Å². The summed E-state index contributed by atoms with van der Waals surface area (Å²) < 4.78 is 2.20. The summed E-state index contributed by atoms with van der Waals surface area (Å²) in [7, 11) is 0. The normalized spacial score (nSPS) is 10.6. The molecule has 0 aliphatic rings. The third-order valence-corrected chi connectivity index (χ3v) is 3.57. The van der Waals surface area contributed by atoms with Crippen LogP contribution in [0.4, 0.5) is 5.69 Å². The van der Waals surface area contributed by atoms with Gasteiger partial charge in [-0.2, -0.15) is 0 Å². The van der Waals surface area contributed by atoms with Crippen LogP contribution in [0, 0.1) is 0 Å². The van der Waals surface area contributed by atoms with Crippen molar-refractivity contribution in [1.29, 1.82) is 0 Å². The van der Waals surface area contributed by atoms with E-state index in [-0.39, 0.29) is 0 Å². The van der Waals surface area contributed by atoms with Gasteiger partial charge in [-0.15, -0.1) is 11.8 Å². The second-order valence-corrected chi connectivity index (χ2v) is 5.04. The highest BCUT2D eigenvalue weighted by atomic mass is 32.2. The van der Waals surface area contributed by atoms with Crippen LogP contribution in [0.15, 0.2) is 41.7 Å². The number of hydrogen-bond donors (Lipinski definition) is 1. The third kappa shape index (κ3) is 3.29. The summed E-state index contributed by atoms with van der Waals surface area (Å²) in [6.07, 6.45) is 7.05. The van der Waals surface area contributed by atoms with E-state index in [0.717, 1.165) is 25.2 Å². The molecule has 1 N–H and O–H groups in total. The van der Waals surface area contributed by atoms with Gasteiger partial charge in [0.05, 0.1) is 18.6 Å². The Bertz CT molecular complexity index is 476. The summed E-state index contributed by atoms with van der Waals surface area (Å²) >= 11 is 1.76. The van der Waals surface area contributed by atoms with Gasteiger partial charge in [0.2, 0.25) is 0 Å². The highest BCUT2D eigenvalue weighted by molar-refractivity contribution is 7.98. The first kappa shape index (κ1) is 13.0. The maximum absolute atomic E-state index is 4.20. The minimum atomic E-state index is 0.818. The number of nitrogens with one attached hydrogen (secondary N) is 1. The van der Waals surface area contributed by atoms with Gasteiger partial charge in [0.25, 0.3) is 0 Å². The molecule has 3 nitrogen and oxygen atoms in total. The van der Waals surface area contributed by atoms with E-state index in [1.165, 1.54) is 10.6 Å². The highest BCUT2D eigenvalue weighted by Gasteiger charge is 2.01. The lowest BCUT2D eigenvalue weighted by Gasteiger charge is -2.09. The summed E-state index contributed by atoms with van der Waals surface area (Å²) in [6, 6.07) is 8.51. The summed E-state index contributed by atoms with van der Waals surface area (Å²) in [6.45, 7) is 4.03. The fourth-order valence-electron chi connectivity index (χ4n) is 1.84. The Morgan fingerprint density at radius 3 is 2.72 bits per heavy atom. The molecule has 0 amide bonds. The zero-order chi connectivity index (χ0) is 12.8. The van der Waals surface area contributed by atoms with Crippen LogP contribution in [0.5, 0.6) is 0 Å². The predicted molar refractivity (Wildman–Crippen MR) is 78.1 cm³/mol. The van der Waals surface area contributed by atoms with Gasteiger partial charge < -0.3 is 9.88 Å². The van der Waals surface area contributed by atoms with Crippen molar-refractivity contribution in [2.24, 2.45) is 0 Å². The first-order valence-electron chi connectivity index (χ1n) is 6.20. The molecule has 0 unspecified atom stereocenters. The zero-order valence-electron chi connectivity index (χ0n) is 10.9. The SMILES string of the molecule is CCCn1cncc1CNc1ccc(SC)cc1. The molecule has 0 spiro atoms. The second kappa shape index (κ2) is 6.50. The van der Waals surface area contributed by atoms with Crippen LogP contribution in [0.2, 0.25) is 0 Å². The molecular formula is C14H19N3S. The van der Waals surface area contributed by atoms with Crippen molar-refractivity contribution in [3.8, 4) is 0 Å². The van der Waals surface area contributed by atoms with E-state index in [2.05, 4.69) is 52.3 Å². The van der Waals surface area contributed by atoms with Crippen LogP contribution in [0.3, 0.4) is 0 Å². The number of aromatic nitrogens is 2. The van der Waals surface area contributed by atoms with Gasteiger partial charge in [-0.1, -0.05) is 6.92 Å². The molecule has 2 aromatic rings. The molecule has 1 aromatic heterocycles. The van der Waals surface area contributed by atoms with Crippen LogP contribution in [-0.4, -0.2) is 15.8 Å². The molecule has 0 bridgehead atoms. The van der Waals surface area contributed by atoms with Crippen molar-refractivity contribution >= 4 is 17.4 Å². The smallest absolute Gasteiger partial charge is 0.0948 e. The van der Waals surface area contributed by atoms with Gasteiger partial charge in [-0.05, 0) is 36.9 Å². The maximum atomic E-state index is 4.20. The molecule has 0 radical (unpaired) electrons. The van der Waals surface area contributed by atoms with Crippen LogP contribution in [0.25, 0.3) is 0 Å². The number of anilines is 1. The lowest BCUT2D eigenvalue weighted by atomic mass is 10.3. The van der Waals surface area contributed by atoms with Crippen molar-refractivity contribution in [2.45, 2.75) is 31.3 Å².